The van der Waals surface area contributed by atoms with Crippen LogP contribution in [0.5, 0.6) is 0 Å². The third-order valence-electron chi connectivity index (χ3n) is 2.32. The van der Waals surface area contributed by atoms with E-state index in [1.54, 1.807) is 6.20 Å². The number of aliphatic hydroxyl groups excluding tert-OH is 1. The van der Waals surface area contributed by atoms with Gasteiger partial charge >= 0.3 is 0 Å². The van der Waals surface area contributed by atoms with Crippen molar-refractivity contribution in [1.82, 2.24) is 4.98 Å². The predicted molar refractivity (Wildman–Crippen MR) is 58.7 cm³/mol. The van der Waals surface area contributed by atoms with E-state index >= 15 is 0 Å². The SMILES string of the molecule is OCCCc1ccc2[nH]cc(Cl)c2c1. The average molecular weight is 210 g/mol. The summed E-state index contributed by atoms with van der Waals surface area (Å²) in [6, 6.07) is 6.16. The molecule has 0 saturated heterocycles. The van der Waals surface area contributed by atoms with Crippen molar-refractivity contribution >= 4 is 22.5 Å². The monoisotopic (exact) mass is 209 g/mol. The van der Waals surface area contributed by atoms with Crippen molar-refractivity contribution in [3.8, 4) is 0 Å². The van der Waals surface area contributed by atoms with E-state index in [2.05, 4.69) is 17.1 Å². The number of hydrogen-bond donors (Lipinski definition) is 2. The number of halogens is 1. The minimum absolute atomic E-state index is 0.235. The molecule has 1 aromatic heterocycles. The van der Waals surface area contributed by atoms with Crippen LogP contribution in [0.3, 0.4) is 0 Å². The molecule has 2 rings (SSSR count). The molecule has 0 aliphatic heterocycles. The Morgan fingerprint density at radius 1 is 1.36 bits per heavy atom. The largest absolute Gasteiger partial charge is 0.396 e. The van der Waals surface area contributed by atoms with Gasteiger partial charge in [-0.3, -0.25) is 0 Å². The fraction of sp³-hybridized carbons (Fsp3) is 0.273. The molecule has 1 aromatic carbocycles. The second-order valence-corrected chi connectivity index (χ2v) is 3.75. The van der Waals surface area contributed by atoms with Crippen molar-refractivity contribution in [2.24, 2.45) is 0 Å². The highest BCUT2D eigenvalue weighted by atomic mass is 35.5. The first-order valence-electron chi connectivity index (χ1n) is 4.67. The first kappa shape index (κ1) is 9.56. The van der Waals surface area contributed by atoms with E-state index in [0.29, 0.717) is 0 Å². The molecule has 3 heteroatoms. The molecule has 0 atom stereocenters. The van der Waals surface area contributed by atoms with Crippen LogP contribution in [0.15, 0.2) is 24.4 Å². The normalized spacial score (nSPS) is 11.0. The number of rotatable bonds is 3. The zero-order valence-corrected chi connectivity index (χ0v) is 8.51. The number of fused-ring (bicyclic) bond motifs is 1. The Bertz CT molecular complexity index is 436. The highest BCUT2D eigenvalue weighted by Gasteiger charge is 2.01. The summed E-state index contributed by atoms with van der Waals surface area (Å²) < 4.78 is 0. The fourth-order valence-corrected chi connectivity index (χ4v) is 1.78. The molecule has 74 valence electrons. The van der Waals surface area contributed by atoms with Crippen LogP contribution in [0.25, 0.3) is 10.9 Å². The number of aryl methyl sites for hydroxylation is 1. The number of nitrogens with one attached hydrogen (secondary N) is 1. The number of aromatic amines is 1. The summed E-state index contributed by atoms with van der Waals surface area (Å²) in [5, 5.41) is 10.5. The van der Waals surface area contributed by atoms with Crippen molar-refractivity contribution in [1.29, 1.82) is 0 Å². The van der Waals surface area contributed by atoms with Crippen LogP contribution in [0.4, 0.5) is 0 Å². The van der Waals surface area contributed by atoms with E-state index in [-0.39, 0.29) is 6.61 Å². The van der Waals surface area contributed by atoms with Gasteiger partial charge in [0.15, 0.2) is 0 Å². The molecule has 0 saturated carbocycles. The zero-order valence-electron chi connectivity index (χ0n) is 7.76. The lowest BCUT2D eigenvalue weighted by Crippen LogP contribution is -1.88. The van der Waals surface area contributed by atoms with Crippen LogP contribution < -0.4 is 0 Å². The van der Waals surface area contributed by atoms with E-state index in [4.69, 9.17) is 16.7 Å². The maximum absolute atomic E-state index is 8.72. The van der Waals surface area contributed by atoms with Crippen molar-refractivity contribution in [2.75, 3.05) is 6.61 Å². The second kappa shape index (κ2) is 4.03. The van der Waals surface area contributed by atoms with Gasteiger partial charge in [0, 0.05) is 23.7 Å². The van der Waals surface area contributed by atoms with Crippen molar-refractivity contribution in [2.45, 2.75) is 12.8 Å². The third-order valence-corrected chi connectivity index (χ3v) is 2.63. The summed E-state index contributed by atoms with van der Waals surface area (Å²) >= 11 is 6.00. The van der Waals surface area contributed by atoms with Gasteiger partial charge < -0.3 is 10.1 Å². The molecule has 0 unspecified atom stereocenters. The summed E-state index contributed by atoms with van der Waals surface area (Å²) in [4.78, 5) is 3.09. The Balaban J connectivity index is 2.34. The number of hydrogen-bond acceptors (Lipinski definition) is 1. The molecule has 14 heavy (non-hydrogen) atoms. The van der Waals surface area contributed by atoms with Crippen LogP contribution in [-0.4, -0.2) is 16.7 Å². The van der Waals surface area contributed by atoms with Gasteiger partial charge in [0.25, 0.3) is 0 Å². The highest BCUT2D eigenvalue weighted by molar-refractivity contribution is 6.35. The van der Waals surface area contributed by atoms with Crippen LogP contribution in [0.1, 0.15) is 12.0 Å². The maximum atomic E-state index is 8.72. The molecule has 2 N–H and O–H groups in total. The van der Waals surface area contributed by atoms with Gasteiger partial charge in [-0.25, -0.2) is 0 Å². The Kier molecular flexibility index (Phi) is 2.75. The van der Waals surface area contributed by atoms with E-state index in [1.807, 2.05) is 6.07 Å². The predicted octanol–water partition coefficient (Wildman–Crippen LogP) is 2.75. The molecule has 0 spiro atoms. The molecule has 1 heterocycles. The minimum Gasteiger partial charge on any atom is -0.396 e. The van der Waals surface area contributed by atoms with E-state index in [9.17, 15) is 0 Å². The molecule has 2 nitrogen and oxygen atoms in total. The van der Waals surface area contributed by atoms with Gasteiger partial charge in [0.2, 0.25) is 0 Å². The fourth-order valence-electron chi connectivity index (χ4n) is 1.57. The summed E-state index contributed by atoms with van der Waals surface area (Å²) in [6.45, 7) is 0.235. The molecule has 0 amide bonds. The Morgan fingerprint density at radius 2 is 2.21 bits per heavy atom. The smallest absolute Gasteiger partial charge is 0.0659 e. The first-order valence-corrected chi connectivity index (χ1v) is 5.05. The number of benzene rings is 1. The molecule has 2 aromatic rings. The van der Waals surface area contributed by atoms with Crippen LogP contribution in [0.2, 0.25) is 5.02 Å². The molecular weight excluding hydrogens is 198 g/mol. The second-order valence-electron chi connectivity index (χ2n) is 3.34. The summed E-state index contributed by atoms with van der Waals surface area (Å²) in [5.74, 6) is 0. The quantitative estimate of drug-likeness (QED) is 0.801. The van der Waals surface area contributed by atoms with Crippen molar-refractivity contribution in [3.63, 3.8) is 0 Å². The van der Waals surface area contributed by atoms with Gasteiger partial charge in [-0.15, -0.1) is 0 Å². The molecule has 0 radical (unpaired) electrons. The molecule has 0 fully saturated rings. The van der Waals surface area contributed by atoms with E-state index in [0.717, 1.165) is 28.8 Å². The van der Waals surface area contributed by atoms with Crippen LogP contribution >= 0.6 is 11.6 Å². The Hall–Kier alpha value is -0.990. The van der Waals surface area contributed by atoms with Crippen molar-refractivity contribution < 1.29 is 5.11 Å². The van der Waals surface area contributed by atoms with Crippen LogP contribution in [-0.2, 0) is 6.42 Å². The molecular formula is C11H12ClNO. The summed E-state index contributed by atoms with van der Waals surface area (Å²) in [5.41, 5.74) is 2.27. The van der Waals surface area contributed by atoms with Gasteiger partial charge in [0.05, 0.1) is 5.02 Å². The van der Waals surface area contributed by atoms with E-state index in [1.165, 1.54) is 5.56 Å². The summed E-state index contributed by atoms with van der Waals surface area (Å²) in [7, 11) is 0. The topological polar surface area (TPSA) is 36.0 Å². The van der Waals surface area contributed by atoms with E-state index < -0.39 is 0 Å². The molecule has 0 aliphatic carbocycles. The standard InChI is InChI=1S/C11H12ClNO/c12-10-7-13-11-4-3-8(2-1-5-14)6-9(10)11/h3-4,6-7,13-14H,1-2,5H2. The van der Waals surface area contributed by atoms with Gasteiger partial charge in [-0.05, 0) is 30.5 Å². The third kappa shape index (κ3) is 1.76. The number of aliphatic hydroxyl groups is 1. The minimum atomic E-state index is 0.235. The first-order chi connectivity index (χ1) is 6.81. The van der Waals surface area contributed by atoms with Crippen molar-refractivity contribution in [3.05, 3.63) is 35.0 Å². The van der Waals surface area contributed by atoms with Gasteiger partial charge in [0.1, 0.15) is 0 Å². The molecule has 0 aliphatic rings. The van der Waals surface area contributed by atoms with Gasteiger partial charge in [-0.2, -0.15) is 0 Å². The number of aromatic nitrogens is 1. The Morgan fingerprint density at radius 3 is 3.00 bits per heavy atom. The lowest BCUT2D eigenvalue weighted by molar-refractivity contribution is 0.288. The number of H-pyrrole nitrogens is 1. The Labute approximate surface area is 87.5 Å². The summed E-state index contributed by atoms with van der Waals surface area (Å²) in [6.07, 6.45) is 3.49. The average Bonchev–Trinajstić information content (AvgIpc) is 2.57. The lowest BCUT2D eigenvalue weighted by Gasteiger charge is -1.99. The molecule has 0 bridgehead atoms. The lowest BCUT2D eigenvalue weighted by atomic mass is 10.1. The van der Waals surface area contributed by atoms with Gasteiger partial charge in [-0.1, -0.05) is 17.7 Å². The highest BCUT2D eigenvalue weighted by Crippen LogP contribution is 2.24. The van der Waals surface area contributed by atoms with Crippen LogP contribution in [0, 0.1) is 0 Å². The zero-order chi connectivity index (χ0) is 9.97. The maximum Gasteiger partial charge on any atom is 0.0659 e.